The van der Waals surface area contributed by atoms with Crippen molar-refractivity contribution in [3.05, 3.63) is 29.8 Å². The minimum atomic E-state index is -0.568. The average Bonchev–Trinajstić information content (AvgIpc) is 2.87. The molecule has 102 valence electrons. The van der Waals surface area contributed by atoms with Crippen LogP contribution in [0.25, 0.3) is 0 Å². The summed E-state index contributed by atoms with van der Waals surface area (Å²) in [5.74, 6) is -0.556. The Morgan fingerprint density at radius 1 is 1.21 bits per heavy atom. The van der Waals surface area contributed by atoms with Crippen LogP contribution in [0.4, 0.5) is 5.69 Å². The van der Waals surface area contributed by atoms with Gasteiger partial charge in [0.2, 0.25) is 0 Å². The fraction of sp³-hybridized carbons (Fsp3) is 0.500. The molecule has 5 nitrogen and oxygen atoms in total. The van der Waals surface area contributed by atoms with Crippen molar-refractivity contribution in [3.8, 4) is 0 Å². The van der Waals surface area contributed by atoms with Gasteiger partial charge in [-0.2, -0.15) is 0 Å². The van der Waals surface area contributed by atoms with Gasteiger partial charge in [0.05, 0.1) is 19.8 Å². The van der Waals surface area contributed by atoms with Crippen LogP contribution in [0.5, 0.6) is 0 Å². The average molecular weight is 262 g/mol. The first-order chi connectivity index (χ1) is 9.19. The lowest BCUT2D eigenvalue weighted by molar-refractivity contribution is -0.183. The molecule has 2 N–H and O–H groups in total. The molecule has 2 fully saturated rings. The third-order valence-electron chi connectivity index (χ3n) is 3.68. The highest BCUT2D eigenvalue weighted by atomic mass is 16.7. The Kier molecular flexibility index (Phi) is 3.16. The number of nitrogens with two attached hydrogens (primary N) is 1. The second kappa shape index (κ2) is 4.83. The standard InChI is InChI=1S/C14H18N2O3/c15-12-4-2-11(3-5-12)13(17)16-7-1-6-14(10-16)18-8-9-19-14/h2-5H,1,6-10,15H2. The lowest BCUT2D eigenvalue weighted by Gasteiger charge is -2.38. The largest absolute Gasteiger partial charge is 0.399 e. The zero-order valence-corrected chi connectivity index (χ0v) is 10.8. The minimum absolute atomic E-state index is 0.0122. The lowest BCUT2D eigenvalue weighted by atomic mass is 10.0. The topological polar surface area (TPSA) is 64.8 Å². The second-order valence-electron chi connectivity index (χ2n) is 5.06. The molecule has 0 aromatic heterocycles. The number of nitrogen functional groups attached to an aromatic ring is 1. The fourth-order valence-corrected chi connectivity index (χ4v) is 2.70. The van der Waals surface area contributed by atoms with E-state index in [4.69, 9.17) is 15.2 Å². The molecular weight excluding hydrogens is 244 g/mol. The molecule has 1 aromatic carbocycles. The summed E-state index contributed by atoms with van der Waals surface area (Å²) in [5.41, 5.74) is 6.95. The minimum Gasteiger partial charge on any atom is -0.399 e. The van der Waals surface area contributed by atoms with Gasteiger partial charge in [0.1, 0.15) is 0 Å². The van der Waals surface area contributed by atoms with Crippen molar-refractivity contribution >= 4 is 11.6 Å². The Hall–Kier alpha value is -1.59. The number of nitrogens with zero attached hydrogens (tertiary/aromatic N) is 1. The quantitative estimate of drug-likeness (QED) is 0.774. The molecule has 19 heavy (non-hydrogen) atoms. The van der Waals surface area contributed by atoms with E-state index in [0.717, 1.165) is 19.4 Å². The number of rotatable bonds is 1. The monoisotopic (exact) mass is 262 g/mol. The van der Waals surface area contributed by atoms with Crippen molar-refractivity contribution in [2.45, 2.75) is 18.6 Å². The Labute approximate surface area is 112 Å². The van der Waals surface area contributed by atoms with Gasteiger partial charge in [-0.3, -0.25) is 4.79 Å². The van der Waals surface area contributed by atoms with Crippen molar-refractivity contribution in [1.29, 1.82) is 0 Å². The van der Waals surface area contributed by atoms with Crippen molar-refractivity contribution in [2.75, 3.05) is 32.0 Å². The van der Waals surface area contributed by atoms with Gasteiger partial charge in [-0.25, -0.2) is 0 Å². The van der Waals surface area contributed by atoms with Crippen molar-refractivity contribution < 1.29 is 14.3 Å². The van der Waals surface area contributed by atoms with Gasteiger partial charge in [0.25, 0.3) is 5.91 Å². The van der Waals surface area contributed by atoms with Crippen LogP contribution >= 0.6 is 0 Å². The number of hydrogen-bond donors (Lipinski definition) is 1. The molecule has 3 rings (SSSR count). The van der Waals surface area contributed by atoms with Gasteiger partial charge in [0.15, 0.2) is 5.79 Å². The van der Waals surface area contributed by atoms with Crippen molar-refractivity contribution in [1.82, 2.24) is 4.90 Å². The summed E-state index contributed by atoms with van der Waals surface area (Å²) in [7, 11) is 0. The number of anilines is 1. The first-order valence-corrected chi connectivity index (χ1v) is 6.61. The van der Waals surface area contributed by atoms with Crippen LogP contribution in [0.2, 0.25) is 0 Å². The molecule has 1 aromatic rings. The highest BCUT2D eigenvalue weighted by molar-refractivity contribution is 5.94. The van der Waals surface area contributed by atoms with Gasteiger partial charge in [-0.15, -0.1) is 0 Å². The molecule has 2 aliphatic rings. The van der Waals surface area contributed by atoms with Crippen LogP contribution < -0.4 is 5.73 Å². The summed E-state index contributed by atoms with van der Waals surface area (Å²) in [6, 6.07) is 7.01. The van der Waals surface area contributed by atoms with Crippen LogP contribution in [0.1, 0.15) is 23.2 Å². The highest BCUT2D eigenvalue weighted by Gasteiger charge is 2.42. The Morgan fingerprint density at radius 3 is 2.58 bits per heavy atom. The number of amides is 1. The van der Waals surface area contributed by atoms with Crippen LogP contribution in [0.15, 0.2) is 24.3 Å². The van der Waals surface area contributed by atoms with Crippen LogP contribution in [0, 0.1) is 0 Å². The normalized spacial score (nSPS) is 21.8. The summed E-state index contributed by atoms with van der Waals surface area (Å²) in [6.07, 6.45) is 1.76. The second-order valence-corrected chi connectivity index (χ2v) is 5.06. The Morgan fingerprint density at radius 2 is 1.89 bits per heavy atom. The molecule has 0 aliphatic carbocycles. The Bertz CT molecular complexity index is 466. The molecule has 2 heterocycles. The zero-order chi connectivity index (χ0) is 13.3. The number of carbonyl (C=O) groups is 1. The van der Waals surface area contributed by atoms with E-state index in [0.29, 0.717) is 31.0 Å². The number of ether oxygens (including phenoxy) is 2. The molecule has 0 unspecified atom stereocenters. The first-order valence-electron chi connectivity index (χ1n) is 6.61. The molecule has 0 saturated carbocycles. The number of likely N-dealkylation sites (tertiary alicyclic amines) is 1. The summed E-state index contributed by atoms with van der Waals surface area (Å²) in [4.78, 5) is 14.2. The highest BCUT2D eigenvalue weighted by Crippen LogP contribution is 2.30. The molecule has 5 heteroatoms. The van der Waals surface area contributed by atoms with E-state index in [2.05, 4.69) is 0 Å². The zero-order valence-electron chi connectivity index (χ0n) is 10.8. The summed E-state index contributed by atoms with van der Waals surface area (Å²) < 4.78 is 11.4. The van der Waals surface area contributed by atoms with Gasteiger partial charge < -0.3 is 20.1 Å². The maximum Gasteiger partial charge on any atom is 0.254 e. The lowest BCUT2D eigenvalue weighted by Crippen LogP contribution is -2.51. The Balaban J connectivity index is 1.74. The number of carbonyl (C=O) groups excluding carboxylic acids is 1. The van der Waals surface area contributed by atoms with E-state index in [1.807, 2.05) is 0 Å². The number of hydrogen-bond acceptors (Lipinski definition) is 4. The third-order valence-corrected chi connectivity index (χ3v) is 3.68. The maximum absolute atomic E-state index is 12.4. The molecule has 1 amide bonds. The predicted molar refractivity (Wildman–Crippen MR) is 70.6 cm³/mol. The summed E-state index contributed by atoms with van der Waals surface area (Å²) in [5, 5.41) is 0. The molecule has 1 spiro atoms. The van der Waals surface area contributed by atoms with Crippen molar-refractivity contribution in [2.24, 2.45) is 0 Å². The van der Waals surface area contributed by atoms with E-state index in [1.54, 1.807) is 29.2 Å². The van der Waals surface area contributed by atoms with Gasteiger partial charge in [-0.05, 0) is 30.7 Å². The smallest absolute Gasteiger partial charge is 0.254 e. The SMILES string of the molecule is Nc1ccc(C(=O)N2CCCC3(C2)OCCO3)cc1. The van der Waals surface area contributed by atoms with E-state index in [1.165, 1.54) is 0 Å². The summed E-state index contributed by atoms with van der Waals surface area (Å²) >= 11 is 0. The van der Waals surface area contributed by atoms with E-state index >= 15 is 0 Å². The summed E-state index contributed by atoms with van der Waals surface area (Å²) in [6.45, 7) is 2.49. The number of piperidine rings is 1. The molecule has 0 bridgehead atoms. The van der Waals surface area contributed by atoms with E-state index < -0.39 is 5.79 Å². The molecule has 0 atom stereocenters. The third kappa shape index (κ3) is 2.43. The van der Waals surface area contributed by atoms with Crippen LogP contribution in [0.3, 0.4) is 0 Å². The molecule has 2 saturated heterocycles. The van der Waals surface area contributed by atoms with Gasteiger partial charge >= 0.3 is 0 Å². The van der Waals surface area contributed by atoms with Crippen molar-refractivity contribution in [3.63, 3.8) is 0 Å². The molecular formula is C14H18N2O3. The van der Waals surface area contributed by atoms with E-state index in [-0.39, 0.29) is 5.91 Å². The van der Waals surface area contributed by atoms with Crippen LogP contribution in [-0.2, 0) is 9.47 Å². The predicted octanol–water partition coefficient (Wildman–Crippen LogP) is 1.25. The first kappa shape index (κ1) is 12.4. The molecule has 2 aliphatic heterocycles. The molecule has 0 radical (unpaired) electrons. The van der Waals surface area contributed by atoms with Gasteiger partial charge in [0, 0.05) is 24.2 Å². The number of benzene rings is 1. The maximum atomic E-state index is 12.4. The van der Waals surface area contributed by atoms with Gasteiger partial charge in [-0.1, -0.05) is 0 Å². The van der Waals surface area contributed by atoms with E-state index in [9.17, 15) is 4.79 Å². The fourth-order valence-electron chi connectivity index (χ4n) is 2.70. The van der Waals surface area contributed by atoms with Crippen LogP contribution in [-0.4, -0.2) is 42.9 Å².